The Kier molecular flexibility index (Phi) is 7.53. The van der Waals surface area contributed by atoms with E-state index in [1.54, 1.807) is 0 Å². The zero-order chi connectivity index (χ0) is 30.0. The van der Waals surface area contributed by atoms with Gasteiger partial charge >= 0.3 is 21.1 Å². The van der Waals surface area contributed by atoms with Crippen molar-refractivity contribution in [3.05, 3.63) is 114 Å². The number of pyridine rings is 2. The number of benzene rings is 3. The van der Waals surface area contributed by atoms with Crippen LogP contribution in [0.2, 0.25) is 0 Å². The van der Waals surface area contributed by atoms with Crippen molar-refractivity contribution in [2.45, 2.75) is 47.0 Å². The van der Waals surface area contributed by atoms with Gasteiger partial charge in [-0.05, 0) is 79.4 Å². The van der Waals surface area contributed by atoms with Crippen LogP contribution in [0, 0.1) is 33.5 Å². The van der Waals surface area contributed by atoms with E-state index in [1.165, 1.54) is 22.4 Å². The summed E-state index contributed by atoms with van der Waals surface area (Å²) < 4.78 is 8.57. The van der Waals surface area contributed by atoms with Gasteiger partial charge in [0.15, 0.2) is 5.65 Å². The van der Waals surface area contributed by atoms with Crippen LogP contribution in [-0.4, -0.2) is 21.6 Å². The van der Waals surface area contributed by atoms with Crippen molar-refractivity contribution in [3.8, 4) is 17.4 Å². The second kappa shape index (κ2) is 11.1. The van der Waals surface area contributed by atoms with Gasteiger partial charge < -0.3 is 14.5 Å². The van der Waals surface area contributed by atoms with E-state index < -0.39 is 0 Å². The number of nitrogens with zero attached hydrogens (tertiary/aromatic N) is 5. The monoisotopic (exact) mass is 760 g/mol. The Balaban J connectivity index is 0.00000343. The molecule has 3 aromatic carbocycles. The Morgan fingerprint density at radius 1 is 0.841 bits per heavy atom. The topological polar surface area (TPSA) is 46.4 Å². The van der Waals surface area contributed by atoms with Crippen molar-refractivity contribution < 1.29 is 25.8 Å². The minimum atomic E-state index is -0.00349. The summed E-state index contributed by atoms with van der Waals surface area (Å²) >= 11 is 0. The molecule has 0 radical (unpaired) electrons. The summed E-state index contributed by atoms with van der Waals surface area (Å²) in [6.07, 6.45) is 1.88. The van der Waals surface area contributed by atoms with Gasteiger partial charge in [-0.25, -0.2) is 4.98 Å². The van der Waals surface area contributed by atoms with Crippen LogP contribution < -0.4 is 14.5 Å². The van der Waals surface area contributed by atoms with Gasteiger partial charge in [0.1, 0.15) is 5.82 Å². The molecular weight excluding hydrogens is 726 g/mol. The predicted octanol–water partition coefficient (Wildman–Crippen LogP) is 9.09. The summed E-state index contributed by atoms with van der Waals surface area (Å²) in [7, 11) is 2.07. The van der Waals surface area contributed by atoms with Crippen LogP contribution in [-0.2, 0) is 26.5 Å². The number of aromatic nitrogens is 3. The first kappa shape index (κ1) is 29.9. The summed E-state index contributed by atoms with van der Waals surface area (Å²) in [5.74, 6) is 1.96. The molecule has 0 bridgehead atoms. The molecule has 1 aliphatic heterocycles. The number of anilines is 3. The van der Waals surface area contributed by atoms with Gasteiger partial charge in [0.25, 0.3) is 0 Å². The van der Waals surface area contributed by atoms with Crippen molar-refractivity contribution in [2.75, 3.05) is 16.8 Å². The third-order valence-corrected chi connectivity index (χ3v) is 8.30. The second-order valence-electron chi connectivity index (χ2n) is 12.6. The molecule has 0 aliphatic carbocycles. The Morgan fingerprint density at radius 3 is 2.36 bits per heavy atom. The van der Waals surface area contributed by atoms with E-state index in [9.17, 15) is 0 Å². The van der Waals surface area contributed by atoms with E-state index in [-0.39, 0.29) is 26.5 Å². The largest absolute Gasteiger partial charge is 2.00 e. The van der Waals surface area contributed by atoms with Crippen molar-refractivity contribution in [1.29, 1.82) is 0 Å². The minimum absolute atomic E-state index is 0. The number of aryl methyl sites for hydroxylation is 3. The number of rotatable bonds is 4. The van der Waals surface area contributed by atoms with Crippen LogP contribution >= 0.6 is 0 Å². The molecule has 0 atom stereocenters. The molecule has 6 aromatic rings. The first-order valence-electron chi connectivity index (χ1n) is 14.6. The van der Waals surface area contributed by atoms with Gasteiger partial charge in [0, 0.05) is 40.2 Å². The Hall–Kier alpha value is -4.15. The first-order valence-corrected chi connectivity index (χ1v) is 14.6. The van der Waals surface area contributed by atoms with Crippen LogP contribution in [0.5, 0.6) is 11.6 Å². The summed E-state index contributed by atoms with van der Waals surface area (Å²) in [4.78, 5) is 14.1. The Morgan fingerprint density at radius 2 is 1.59 bits per heavy atom. The predicted molar refractivity (Wildman–Crippen MR) is 176 cm³/mol. The van der Waals surface area contributed by atoms with Crippen molar-refractivity contribution >= 4 is 39.0 Å². The third-order valence-electron chi connectivity index (χ3n) is 8.30. The maximum Gasteiger partial charge on any atom is 2.00 e. The standard InChI is InChI=1S/C37H35N5O.Pt/c1-23-16-27(41-22-40(7)32-18-24(2)25(3)19-33(32)41)21-28(17-23)43-35-13-12-30-29-10-8-9-11-31(29)42(36(30)39-35)34-20-26(14-15-38-34)37(4,5)6;/h8-20,22H,1-7H3;/q-2;+2. The van der Waals surface area contributed by atoms with Crippen LogP contribution in [0.1, 0.15) is 43.0 Å². The van der Waals surface area contributed by atoms with Gasteiger partial charge in [-0.15, -0.1) is 23.9 Å². The molecule has 0 amide bonds. The summed E-state index contributed by atoms with van der Waals surface area (Å²) in [6.45, 7) is 15.1. The fraction of sp³-hybridized carbons (Fsp3) is 0.216. The zero-order valence-electron chi connectivity index (χ0n) is 26.0. The molecule has 3 aromatic heterocycles. The van der Waals surface area contributed by atoms with E-state index in [0.29, 0.717) is 11.6 Å². The molecular formula is C37H35N5OPt. The number of hydrogen-bond acceptors (Lipinski definition) is 5. The molecule has 224 valence electrons. The summed E-state index contributed by atoms with van der Waals surface area (Å²) in [6, 6.07) is 28.7. The average Bonchev–Trinajstić information content (AvgIpc) is 3.46. The van der Waals surface area contributed by atoms with Gasteiger partial charge in [-0.2, -0.15) is 17.2 Å². The van der Waals surface area contributed by atoms with Crippen LogP contribution in [0.15, 0.2) is 79.0 Å². The molecule has 0 N–H and O–H groups in total. The van der Waals surface area contributed by atoms with Gasteiger partial charge in [-0.3, -0.25) is 4.57 Å². The van der Waals surface area contributed by atoms with E-state index in [2.05, 4.69) is 136 Å². The molecule has 0 unspecified atom stereocenters. The molecule has 4 heterocycles. The normalized spacial score (nSPS) is 13.0. The smallest absolute Gasteiger partial charge is 0.504 e. The van der Waals surface area contributed by atoms with Gasteiger partial charge in [0.2, 0.25) is 5.88 Å². The molecule has 0 saturated heterocycles. The molecule has 0 fully saturated rings. The zero-order valence-corrected chi connectivity index (χ0v) is 28.3. The van der Waals surface area contributed by atoms with Crippen molar-refractivity contribution in [1.82, 2.24) is 14.5 Å². The number of para-hydroxylation sites is 1. The number of fused-ring (bicyclic) bond motifs is 4. The fourth-order valence-corrected chi connectivity index (χ4v) is 5.83. The minimum Gasteiger partial charge on any atom is -0.504 e. The molecule has 7 heteroatoms. The van der Waals surface area contributed by atoms with Crippen LogP contribution in [0.25, 0.3) is 27.8 Å². The summed E-state index contributed by atoms with van der Waals surface area (Å²) in [5.41, 5.74) is 9.91. The van der Waals surface area contributed by atoms with Gasteiger partial charge in [-0.1, -0.05) is 45.9 Å². The van der Waals surface area contributed by atoms with Crippen molar-refractivity contribution in [3.63, 3.8) is 0 Å². The molecule has 0 spiro atoms. The fourth-order valence-electron chi connectivity index (χ4n) is 5.83. The SMILES string of the molecule is Cc1cc(Oc2ccc3c4ccccc4n(-c4cc(C(C)(C)C)ccn4)c3n2)[c-]c(N2[CH-]N(C)c3cc(C)c(C)cc32)c1.[Pt+2]. The molecule has 6 nitrogen and oxygen atoms in total. The molecule has 0 saturated carbocycles. The van der Waals surface area contributed by atoms with Crippen molar-refractivity contribution in [2.24, 2.45) is 0 Å². The average molecular weight is 761 g/mol. The molecule has 1 aliphatic rings. The Bertz CT molecular complexity index is 2040. The number of hydrogen-bond donors (Lipinski definition) is 0. The second-order valence-corrected chi connectivity index (χ2v) is 12.6. The molecule has 7 rings (SSSR count). The maximum atomic E-state index is 6.44. The first-order chi connectivity index (χ1) is 20.6. The van der Waals surface area contributed by atoms with Gasteiger partial charge in [0.05, 0.1) is 5.52 Å². The van der Waals surface area contributed by atoms with Crippen LogP contribution in [0.4, 0.5) is 17.1 Å². The summed E-state index contributed by atoms with van der Waals surface area (Å²) in [5, 5.41) is 2.18. The Labute approximate surface area is 273 Å². The van der Waals surface area contributed by atoms with Crippen LogP contribution in [0.3, 0.4) is 0 Å². The third kappa shape index (κ3) is 5.15. The van der Waals surface area contributed by atoms with E-state index >= 15 is 0 Å². The maximum absolute atomic E-state index is 6.44. The van der Waals surface area contributed by atoms with E-state index in [1.807, 2.05) is 18.3 Å². The molecule has 44 heavy (non-hydrogen) atoms. The van der Waals surface area contributed by atoms with E-state index in [4.69, 9.17) is 14.7 Å². The van der Waals surface area contributed by atoms with E-state index in [0.717, 1.165) is 44.7 Å². The number of ether oxygens (including phenoxy) is 1. The quantitative estimate of drug-likeness (QED) is 0.168.